The molecule has 1 rings (SSSR count). The fourth-order valence-electron chi connectivity index (χ4n) is 1.58. The van der Waals surface area contributed by atoms with E-state index in [9.17, 15) is 8.42 Å². The number of hydrogen-bond acceptors (Lipinski definition) is 2. The lowest BCUT2D eigenvalue weighted by Crippen LogP contribution is -2.32. The Morgan fingerprint density at radius 2 is 1.75 bits per heavy atom. The zero-order valence-electron chi connectivity index (χ0n) is 9.89. The van der Waals surface area contributed by atoms with Crippen LogP contribution in [0.15, 0.2) is 30.3 Å². The molecule has 0 bridgehead atoms. The molecule has 0 aromatic heterocycles. The Kier molecular flexibility index (Phi) is 4.96. The average Bonchev–Trinajstić information content (AvgIpc) is 2.27. The van der Waals surface area contributed by atoms with Gasteiger partial charge < -0.3 is 0 Å². The van der Waals surface area contributed by atoms with Crippen molar-refractivity contribution in [2.75, 3.05) is 12.3 Å². The summed E-state index contributed by atoms with van der Waals surface area (Å²) >= 11 is 0. The van der Waals surface area contributed by atoms with E-state index >= 15 is 0 Å². The molecular formula is C12H19NO2S. The standard InChI is InChI=1S/C12H19NO2S/c1-3-10-16(14,15)13(4-2)11-12-8-6-5-7-9-12/h5-9H,3-4,10-11H2,1-2H3. The topological polar surface area (TPSA) is 37.4 Å². The second-order valence-electron chi connectivity index (χ2n) is 3.73. The Balaban J connectivity index is 2.77. The summed E-state index contributed by atoms with van der Waals surface area (Å²) in [5.41, 5.74) is 1.03. The van der Waals surface area contributed by atoms with Crippen LogP contribution in [0.1, 0.15) is 25.8 Å². The molecule has 1 aromatic carbocycles. The van der Waals surface area contributed by atoms with Crippen LogP contribution in [0.5, 0.6) is 0 Å². The molecule has 0 amide bonds. The van der Waals surface area contributed by atoms with E-state index in [1.807, 2.05) is 44.2 Å². The van der Waals surface area contributed by atoms with Gasteiger partial charge in [0.25, 0.3) is 0 Å². The molecule has 0 saturated carbocycles. The van der Waals surface area contributed by atoms with Crippen LogP contribution in [0.25, 0.3) is 0 Å². The zero-order valence-corrected chi connectivity index (χ0v) is 10.7. The molecule has 0 saturated heterocycles. The maximum Gasteiger partial charge on any atom is 0.214 e. The van der Waals surface area contributed by atoms with Crippen LogP contribution in [-0.4, -0.2) is 25.0 Å². The van der Waals surface area contributed by atoms with Crippen molar-refractivity contribution in [3.63, 3.8) is 0 Å². The Hall–Kier alpha value is -0.870. The molecule has 1 aromatic rings. The molecule has 0 aliphatic rings. The summed E-state index contributed by atoms with van der Waals surface area (Å²) in [6, 6.07) is 9.68. The van der Waals surface area contributed by atoms with Gasteiger partial charge in [-0.2, -0.15) is 4.31 Å². The molecule has 0 atom stereocenters. The maximum atomic E-state index is 11.9. The Labute approximate surface area is 98.1 Å². The van der Waals surface area contributed by atoms with E-state index in [4.69, 9.17) is 0 Å². The third-order valence-corrected chi connectivity index (χ3v) is 4.51. The third-order valence-electron chi connectivity index (χ3n) is 2.41. The summed E-state index contributed by atoms with van der Waals surface area (Å²) in [5.74, 6) is 0.230. The lowest BCUT2D eigenvalue weighted by Gasteiger charge is -2.20. The van der Waals surface area contributed by atoms with Crippen LogP contribution >= 0.6 is 0 Å². The lowest BCUT2D eigenvalue weighted by atomic mass is 10.2. The number of nitrogens with zero attached hydrogens (tertiary/aromatic N) is 1. The van der Waals surface area contributed by atoms with Gasteiger partial charge in [-0.25, -0.2) is 8.42 Å². The van der Waals surface area contributed by atoms with Crippen LogP contribution in [0.4, 0.5) is 0 Å². The van der Waals surface area contributed by atoms with E-state index in [0.717, 1.165) is 5.56 Å². The van der Waals surface area contributed by atoms with Crippen molar-refractivity contribution in [3.05, 3.63) is 35.9 Å². The van der Waals surface area contributed by atoms with Crippen molar-refractivity contribution in [1.29, 1.82) is 0 Å². The molecule has 0 fully saturated rings. The van der Waals surface area contributed by atoms with Gasteiger partial charge in [-0.3, -0.25) is 0 Å². The minimum atomic E-state index is -3.09. The summed E-state index contributed by atoms with van der Waals surface area (Å²) in [6.45, 7) is 4.75. The highest BCUT2D eigenvalue weighted by Gasteiger charge is 2.19. The first-order chi connectivity index (χ1) is 7.60. The second-order valence-corrected chi connectivity index (χ2v) is 5.82. The smallest absolute Gasteiger partial charge is 0.212 e. The van der Waals surface area contributed by atoms with Crippen molar-refractivity contribution in [3.8, 4) is 0 Å². The van der Waals surface area contributed by atoms with Gasteiger partial charge in [-0.05, 0) is 12.0 Å². The minimum Gasteiger partial charge on any atom is -0.212 e. The molecule has 3 nitrogen and oxygen atoms in total. The molecule has 4 heteroatoms. The number of sulfonamides is 1. The molecule has 0 N–H and O–H groups in total. The first kappa shape index (κ1) is 13.2. The van der Waals surface area contributed by atoms with Gasteiger partial charge >= 0.3 is 0 Å². The predicted molar refractivity (Wildman–Crippen MR) is 66.6 cm³/mol. The van der Waals surface area contributed by atoms with Gasteiger partial charge in [-0.15, -0.1) is 0 Å². The number of benzene rings is 1. The SMILES string of the molecule is CCCS(=O)(=O)N(CC)Cc1ccccc1. The summed E-state index contributed by atoms with van der Waals surface area (Å²) < 4.78 is 25.3. The molecule has 0 heterocycles. The molecule has 0 spiro atoms. The molecule has 16 heavy (non-hydrogen) atoms. The molecule has 0 aliphatic heterocycles. The van der Waals surface area contributed by atoms with E-state index in [1.165, 1.54) is 4.31 Å². The van der Waals surface area contributed by atoms with Crippen LogP contribution in [0, 0.1) is 0 Å². The summed E-state index contributed by atoms with van der Waals surface area (Å²) in [7, 11) is -3.09. The monoisotopic (exact) mass is 241 g/mol. The molecule has 0 unspecified atom stereocenters. The quantitative estimate of drug-likeness (QED) is 0.766. The van der Waals surface area contributed by atoms with E-state index < -0.39 is 10.0 Å². The van der Waals surface area contributed by atoms with Crippen LogP contribution < -0.4 is 0 Å². The molecule has 0 radical (unpaired) electrons. The fraction of sp³-hybridized carbons (Fsp3) is 0.500. The maximum absolute atomic E-state index is 11.9. The largest absolute Gasteiger partial charge is 0.214 e. The first-order valence-corrected chi connectivity index (χ1v) is 7.22. The Bertz CT molecular complexity index is 400. The first-order valence-electron chi connectivity index (χ1n) is 5.62. The highest BCUT2D eigenvalue weighted by Crippen LogP contribution is 2.10. The number of rotatable bonds is 6. The summed E-state index contributed by atoms with van der Waals surface area (Å²) in [6.07, 6.45) is 0.660. The Morgan fingerprint density at radius 3 is 2.25 bits per heavy atom. The van der Waals surface area contributed by atoms with E-state index in [0.29, 0.717) is 19.5 Å². The number of hydrogen-bond donors (Lipinski definition) is 0. The Morgan fingerprint density at radius 1 is 1.12 bits per heavy atom. The van der Waals surface area contributed by atoms with Crippen molar-refractivity contribution < 1.29 is 8.42 Å². The lowest BCUT2D eigenvalue weighted by molar-refractivity contribution is 0.423. The van der Waals surface area contributed by atoms with Gasteiger partial charge in [0.2, 0.25) is 10.0 Å². The molecule has 0 aliphatic carbocycles. The van der Waals surface area contributed by atoms with Crippen LogP contribution in [0.2, 0.25) is 0 Å². The minimum absolute atomic E-state index is 0.230. The molecule has 90 valence electrons. The average molecular weight is 241 g/mol. The summed E-state index contributed by atoms with van der Waals surface area (Å²) in [4.78, 5) is 0. The van der Waals surface area contributed by atoms with Crippen LogP contribution in [0.3, 0.4) is 0 Å². The third kappa shape index (κ3) is 3.61. The second kappa shape index (κ2) is 6.01. The van der Waals surface area contributed by atoms with Gasteiger partial charge in [0, 0.05) is 13.1 Å². The summed E-state index contributed by atoms with van der Waals surface area (Å²) in [5, 5.41) is 0. The van der Waals surface area contributed by atoms with E-state index in [2.05, 4.69) is 0 Å². The van der Waals surface area contributed by atoms with E-state index in [-0.39, 0.29) is 5.75 Å². The van der Waals surface area contributed by atoms with E-state index in [1.54, 1.807) is 0 Å². The van der Waals surface area contributed by atoms with Crippen molar-refractivity contribution >= 4 is 10.0 Å². The fourth-order valence-corrected chi connectivity index (χ4v) is 3.09. The zero-order chi connectivity index (χ0) is 12.0. The van der Waals surface area contributed by atoms with Crippen molar-refractivity contribution in [2.45, 2.75) is 26.8 Å². The predicted octanol–water partition coefficient (Wildman–Crippen LogP) is 2.25. The van der Waals surface area contributed by atoms with Gasteiger partial charge in [-0.1, -0.05) is 44.2 Å². The van der Waals surface area contributed by atoms with Crippen LogP contribution in [-0.2, 0) is 16.6 Å². The van der Waals surface area contributed by atoms with Crippen molar-refractivity contribution in [1.82, 2.24) is 4.31 Å². The highest BCUT2D eigenvalue weighted by molar-refractivity contribution is 7.89. The van der Waals surface area contributed by atoms with Gasteiger partial charge in [0.1, 0.15) is 0 Å². The normalized spacial score (nSPS) is 11.9. The van der Waals surface area contributed by atoms with Gasteiger partial charge in [0.15, 0.2) is 0 Å². The van der Waals surface area contributed by atoms with Crippen molar-refractivity contribution in [2.24, 2.45) is 0 Å². The molecular weight excluding hydrogens is 222 g/mol. The highest BCUT2D eigenvalue weighted by atomic mass is 32.2. The van der Waals surface area contributed by atoms with Gasteiger partial charge in [0.05, 0.1) is 5.75 Å².